The van der Waals surface area contributed by atoms with Crippen molar-refractivity contribution in [2.24, 2.45) is 0 Å². The number of carbonyl (C=O) groups is 1. The zero-order chi connectivity index (χ0) is 16.8. The van der Waals surface area contributed by atoms with Crippen molar-refractivity contribution in [3.8, 4) is 11.5 Å². The van der Waals surface area contributed by atoms with Crippen molar-refractivity contribution in [1.29, 1.82) is 0 Å². The Labute approximate surface area is 130 Å². The first-order valence-electron chi connectivity index (χ1n) is 6.72. The van der Waals surface area contributed by atoms with E-state index >= 15 is 0 Å². The molecule has 1 amide bonds. The van der Waals surface area contributed by atoms with Gasteiger partial charge in [0.05, 0.1) is 0 Å². The first-order valence-corrected chi connectivity index (χ1v) is 6.72. The lowest BCUT2D eigenvalue weighted by molar-refractivity contribution is -0.122. The lowest BCUT2D eigenvalue weighted by atomic mass is 10.2. The molecular formula is C16H14F3NO3. The molecule has 0 fully saturated rings. The molecule has 7 heteroatoms. The van der Waals surface area contributed by atoms with Crippen LogP contribution in [0.1, 0.15) is 6.92 Å². The molecule has 0 spiro atoms. The molecule has 2 aromatic rings. The van der Waals surface area contributed by atoms with E-state index in [0.717, 1.165) is 0 Å². The van der Waals surface area contributed by atoms with Crippen LogP contribution < -0.4 is 14.8 Å². The number of ether oxygens (including phenoxy) is 2. The summed E-state index contributed by atoms with van der Waals surface area (Å²) in [6, 6.07) is 10.9. The minimum Gasteiger partial charge on any atom is -0.481 e. The highest BCUT2D eigenvalue weighted by atomic mass is 19.3. The molecule has 0 aliphatic rings. The third-order valence-electron chi connectivity index (χ3n) is 2.83. The van der Waals surface area contributed by atoms with Gasteiger partial charge >= 0.3 is 6.61 Å². The average Bonchev–Trinajstić information content (AvgIpc) is 2.48. The summed E-state index contributed by atoms with van der Waals surface area (Å²) in [6.45, 7) is -1.40. The van der Waals surface area contributed by atoms with Gasteiger partial charge in [0.1, 0.15) is 17.3 Å². The molecule has 0 aliphatic heterocycles. The van der Waals surface area contributed by atoms with Crippen LogP contribution in [0.25, 0.3) is 0 Å². The number of rotatable bonds is 6. The van der Waals surface area contributed by atoms with E-state index in [9.17, 15) is 18.0 Å². The fraction of sp³-hybridized carbons (Fsp3) is 0.188. The van der Waals surface area contributed by atoms with Gasteiger partial charge in [-0.1, -0.05) is 6.07 Å². The zero-order valence-electron chi connectivity index (χ0n) is 12.1. The molecule has 0 saturated heterocycles. The molecule has 122 valence electrons. The summed E-state index contributed by atoms with van der Waals surface area (Å²) in [5.41, 5.74) is 0.395. The lowest BCUT2D eigenvalue weighted by Crippen LogP contribution is -2.30. The number of anilines is 1. The van der Waals surface area contributed by atoms with Gasteiger partial charge in [0.25, 0.3) is 5.91 Å². The summed E-state index contributed by atoms with van der Waals surface area (Å²) in [7, 11) is 0. The molecule has 2 aromatic carbocycles. The molecule has 4 nitrogen and oxygen atoms in total. The predicted molar refractivity (Wildman–Crippen MR) is 78.2 cm³/mol. The smallest absolute Gasteiger partial charge is 0.387 e. The molecule has 0 heterocycles. The van der Waals surface area contributed by atoms with Crippen LogP contribution in [0.5, 0.6) is 11.5 Å². The second-order valence-electron chi connectivity index (χ2n) is 4.61. The van der Waals surface area contributed by atoms with Crippen molar-refractivity contribution < 1.29 is 27.4 Å². The molecule has 0 saturated carbocycles. The number of nitrogens with one attached hydrogen (secondary N) is 1. The van der Waals surface area contributed by atoms with Crippen LogP contribution in [0.2, 0.25) is 0 Å². The number of hydrogen-bond acceptors (Lipinski definition) is 3. The monoisotopic (exact) mass is 325 g/mol. The van der Waals surface area contributed by atoms with E-state index in [1.54, 1.807) is 0 Å². The van der Waals surface area contributed by atoms with Crippen molar-refractivity contribution in [2.75, 3.05) is 5.32 Å². The summed E-state index contributed by atoms with van der Waals surface area (Å²) < 4.78 is 46.7. The van der Waals surface area contributed by atoms with Crippen molar-refractivity contribution in [3.05, 3.63) is 54.3 Å². The van der Waals surface area contributed by atoms with Crippen LogP contribution in [0.4, 0.5) is 18.9 Å². The van der Waals surface area contributed by atoms with Crippen molar-refractivity contribution in [1.82, 2.24) is 0 Å². The quantitative estimate of drug-likeness (QED) is 0.878. The molecule has 0 bridgehead atoms. The van der Waals surface area contributed by atoms with E-state index in [4.69, 9.17) is 4.74 Å². The van der Waals surface area contributed by atoms with Crippen LogP contribution in [0.3, 0.4) is 0 Å². The average molecular weight is 325 g/mol. The molecule has 2 rings (SSSR count). The first kappa shape index (κ1) is 16.7. The van der Waals surface area contributed by atoms with Gasteiger partial charge in [-0.05, 0) is 43.3 Å². The summed E-state index contributed by atoms with van der Waals surface area (Å²) in [5.74, 6) is -0.711. The van der Waals surface area contributed by atoms with Gasteiger partial charge in [-0.2, -0.15) is 8.78 Å². The van der Waals surface area contributed by atoms with E-state index < -0.39 is 24.4 Å². The summed E-state index contributed by atoms with van der Waals surface area (Å²) in [4.78, 5) is 12.0. The largest absolute Gasteiger partial charge is 0.481 e. The molecule has 1 N–H and O–H groups in total. The van der Waals surface area contributed by atoms with E-state index in [1.807, 2.05) is 0 Å². The molecule has 0 aromatic heterocycles. The Hall–Kier alpha value is -2.70. The van der Waals surface area contributed by atoms with Gasteiger partial charge in [-0.15, -0.1) is 0 Å². The predicted octanol–water partition coefficient (Wildman–Crippen LogP) is 3.83. The van der Waals surface area contributed by atoms with Gasteiger partial charge in [-0.3, -0.25) is 4.79 Å². The van der Waals surface area contributed by atoms with Crippen LogP contribution >= 0.6 is 0 Å². The molecular weight excluding hydrogens is 311 g/mol. The molecule has 1 unspecified atom stereocenters. The number of amides is 1. The fourth-order valence-electron chi connectivity index (χ4n) is 1.76. The van der Waals surface area contributed by atoms with Crippen LogP contribution in [-0.2, 0) is 4.79 Å². The highest BCUT2D eigenvalue weighted by Gasteiger charge is 2.15. The summed E-state index contributed by atoms with van der Waals surface area (Å²) in [6.07, 6.45) is -0.867. The number of halogens is 3. The Morgan fingerprint density at radius 2 is 1.74 bits per heavy atom. The van der Waals surface area contributed by atoms with Gasteiger partial charge in [-0.25, -0.2) is 4.39 Å². The van der Waals surface area contributed by atoms with E-state index in [2.05, 4.69) is 10.1 Å². The third kappa shape index (κ3) is 5.21. The maximum Gasteiger partial charge on any atom is 0.387 e. The maximum atomic E-state index is 13.0. The van der Waals surface area contributed by atoms with Crippen LogP contribution in [0.15, 0.2) is 48.5 Å². The van der Waals surface area contributed by atoms with Crippen LogP contribution in [0, 0.1) is 5.82 Å². The molecule has 0 aliphatic carbocycles. The van der Waals surface area contributed by atoms with Gasteiger partial charge in [0, 0.05) is 11.8 Å². The Morgan fingerprint density at radius 3 is 2.35 bits per heavy atom. The number of benzene rings is 2. The highest BCUT2D eigenvalue weighted by molar-refractivity contribution is 5.94. The Morgan fingerprint density at radius 1 is 1.04 bits per heavy atom. The SMILES string of the molecule is CC(Oc1cccc(F)c1)C(=O)Nc1ccc(OC(F)F)cc1. The summed E-state index contributed by atoms with van der Waals surface area (Å²) in [5, 5.41) is 2.56. The lowest BCUT2D eigenvalue weighted by Gasteiger charge is -2.15. The van der Waals surface area contributed by atoms with E-state index in [0.29, 0.717) is 5.69 Å². The minimum absolute atomic E-state index is 0.0120. The van der Waals surface area contributed by atoms with Gasteiger partial charge in [0.15, 0.2) is 6.10 Å². The van der Waals surface area contributed by atoms with Gasteiger partial charge in [0.2, 0.25) is 0 Å². The summed E-state index contributed by atoms with van der Waals surface area (Å²) >= 11 is 0. The Bertz CT molecular complexity index is 662. The number of carbonyl (C=O) groups excluding carboxylic acids is 1. The number of alkyl halides is 2. The zero-order valence-corrected chi connectivity index (χ0v) is 12.1. The second kappa shape index (κ2) is 7.53. The molecule has 1 atom stereocenters. The normalized spacial score (nSPS) is 11.9. The van der Waals surface area contributed by atoms with E-state index in [1.165, 1.54) is 55.5 Å². The third-order valence-corrected chi connectivity index (χ3v) is 2.83. The first-order chi connectivity index (χ1) is 10.9. The standard InChI is InChI=1S/C16H14F3NO3/c1-10(22-14-4-2-3-11(17)9-14)15(21)20-12-5-7-13(8-6-12)23-16(18)19/h2-10,16H,1H3,(H,20,21). The van der Waals surface area contributed by atoms with E-state index in [-0.39, 0.29) is 11.5 Å². The van der Waals surface area contributed by atoms with Crippen molar-refractivity contribution >= 4 is 11.6 Å². The Kier molecular flexibility index (Phi) is 5.46. The topological polar surface area (TPSA) is 47.6 Å². The number of hydrogen-bond donors (Lipinski definition) is 1. The minimum atomic E-state index is -2.91. The second-order valence-corrected chi connectivity index (χ2v) is 4.61. The molecule has 23 heavy (non-hydrogen) atoms. The Balaban J connectivity index is 1.92. The van der Waals surface area contributed by atoms with Crippen molar-refractivity contribution in [3.63, 3.8) is 0 Å². The van der Waals surface area contributed by atoms with Crippen molar-refractivity contribution in [2.45, 2.75) is 19.6 Å². The molecule has 0 radical (unpaired) electrons. The van der Waals surface area contributed by atoms with Crippen LogP contribution in [-0.4, -0.2) is 18.6 Å². The maximum absolute atomic E-state index is 13.0. The highest BCUT2D eigenvalue weighted by Crippen LogP contribution is 2.19. The fourth-order valence-corrected chi connectivity index (χ4v) is 1.76. The van der Waals surface area contributed by atoms with Gasteiger partial charge < -0.3 is 14.8 Å².